The number of nitrogens with one attached hydrogen (secondary N) is 1. The molecule has 10 heteroatoms. The van der Waals surface area contributed by atoms with Crippen LogP contribution in [0.1, 0.15) is 23.3 Å². The van der Waals surface area contributed by atoms with Gasteiger partial charge in [-0.05, 0) is 45.1 Å². The van der Waals surface area contributed by atoms with Crippen LogP contribution in [0, 0.1) is 0 Å². The lowest BCUT2D eigenvalue weighted by Gasteiger charge is -2.36. The van der Waals surface area contributed by atoms with Gasteiger partial charge in [-0.3, -0.25) is 9.78 Å². The molecule has 3 N–H and O–H groups in total. The Balaban J connectivity index is 1.31. The van der Waals surface area contributed by atoms with Crippen LogP contribution in [0.3, 0.4) is 0 Å². The summed E-state index contributed by atoms with van der Waals surface area (Å²) in [6.45, 7) is 4.85. The number of carbonyl (C=O) groups excluding carboxylic acids is 1. The zero-order valence-electron chi connectivity index (χ0n) is 21.4. The standard InChI is InChI=1S/C27H34N8O2/c1-33(2)20-8-11-34(12-9-20)21-5-3-19(4-6-21)22-18-30-26(28)25(31-22)27(36)32-23-17-29-10-7-24(23)35-13-15-37-16-14-35/h3-7,10,17-18,20H,8-9,11-16H2,1-2H3,(H2,28,30)(H,32,36). The molecule has 2 aromatic heterocycles. The number of aromatic nitrogens is 3. The van der Waals surface area contributed by atoms with Crippen molar-refractivity contribution in [2.75, 3.05) is 74.3 Å². The van der Waals surface area contributed by atoms with Crippen molar-refractivity contribution in [1.29, 1.82) is 0 Å². The van der Waals surface area contributed by atoms with Crippen LogP contribution in [0.4, 0.5) is 22.9 Å². The predicted molar refractivity (Wildman–Crippen MR) is 146 cm³/mol. The number of pyridine rings is 1. The third-order valence-electron chi connectivity index (χ3n) is 7.14. The van der Waals surface area contributed by atoms with Crippen molar-refractivity contribution in [3.63, 3.8) is 0 Å². The molecule has 1 aromatic carbocycles. The Kier molecular flexibility index (Phi) is 7.47. The minimum absolute atomic E-state index is 0.0819. The quantitative estimate of drug-likeness (QED) is 0.525. The van der Waals surface area contributed by atoms with Gasteiger partial charge in [0.15, 0.2) is 11.5 Å². The van der Waals surface area contributed by atoms with Crippen LogP contribution in [0.25, 0.3) is 11.3 Å². The summed E-state index contributed by atoms with van der Waals surface area (Å²) in [5.41, 5.74) is 10.3. The summed E-state index contributed by atoms with van der Waals surface area (Å²) in [5, 5.41) is 2.93. The number of amides is 1. The zero-order chi connectivity index (χ0) is 25.8. The number of benzene rings is 1. The minimum atomic E-state index is -0.422. The average molecular weight is 503 g/mol. The van der Waals surface area contributed by atoms with Crippen LogP contribution in [0.5, 0.6) is 0 Å². The summed E-state index contributed by atoms with van der Waals surface area (Å²) in [6.07, 6.45) is 7.26. The lowest BCUT2D eigenvalue weighted by molar-refractivity contribution is 0.102. The molecule has 0 atom stereocenters. The molecule has 2 aliphatic heterocycles. The number of hydrogen-bond acceptors (Lipinski definition) is 9. The highest BCUT2D eigenvalue weighted by Crippen LogP contribution is 2.28. The highest BCUT2D eigenvalue weighted by Gasteiger charge is 2.22. The molecule has 0 aliphatic carbocycles. The highest BCUT2D eigenvalue weighted by atomic mass is 16.5. The highest BCUT2D eigenvalue weighted by molar-refractivity contribution is 6.07. The maximum atomic E-state index is 13.2. The van der Waals surface area contributed by atoms with Gasteiger partial charge < -0.3 is 30.5 Å². The number of anilines is 4. The fourth-order valence-electron chi connectivity index (χ4n) is 4.93. The van der Waals surface area contributed by atoms with Gasteiger partial charge in [-0.2, -0.15) is 0 Å². The van der Waals surface area contributed by atoms with E-state index in [1.165, 1.54) is 5.69 Å². The number of piperidine rings is 1. The summed E-state index contributed by atoms with van der Waals surface area (Å²) in [4.78, 5) is 33.1. The lowest BCUT2D eigenvalue weighted by Crippen LogP contribution is -2.41. The molecule has 2 saturated heterocycles. The smallest absolute Gasteiger partial charge is 0.278 e. The first-order valence-corrected chi connectivity index (χ1v) is 12.7. The van der Waals surface area contributed by atoms with E-state index in [0.29, 0.717) is 30.6 Å². The zero-order valence-corrected chi connectivity index (χ0v) is 21.4. The van der Waals surface area contributed by atoms with Gasteiger partial charge in [-0.1, -0.05) is 12.1 Å². The second-order valence-corrected chi connectivity index (χ2v) is 9.66. The fraction of sp³-hybridized carbons (Fsp3) is 0.407. The van der Waals surface area contributed by atoms with E-state index < -0.39 is 5.91 Å². The Morgan fingerprint density at radius 3 is 2.46 bits per heavy atom. The van der Waals surface area contributed by atoms with Crippen molar-refractivity contribution in [3.8, 4) is 11.3 Å². The second-order valence-electron chi connectivity index (χ2n) is 9.66. The molecule has 0 bridgehead atoms. The van der Waals surface area contributed by atoms with Gasteiger partial charge >= 0.3 is 0 Å². The Hall–Kier alpha value is -3.76. The molecular weight excluding hydrogens is 468 g/mol. The molecule has 0 spiro atoms. The minimum Gasteiger partial charge on any atom is -0.382 e. The number of morpholine rings is 1. The molecule has 10 nitrogen and oxygen atoms in total. The van der Waals surface area contributed by atoms with Gasteiger partial charge in [0, 0.05) is 49.7 Å². The number of rotatable bonds is 6. The topological polar surface area (TPSA) is 113 Å². The molecule has 0 saturated carbocycles. The van der Waals surface area contributed by atoms with E-state index in [9.17, 15) is 4.79 Å². The van der Waals surface area contributed by atoms with E-state index >= 15 is 0 Å². The van der Waals surface area contributed by atoms with Crippen molar-refractivity contribution in [1.82, 2.24) is 19.9 Å². The number of nitrogens with zero attached hydrogens (tertiary/aromatic N) is 6. The summed E-state index contributed by atoms with van der Waals surface area (Å²) in [6, 6.07) is 10.8. The molecule has 0 unspecified atom stereocenters. The molecule has 2 fully saturated rings. The van der Waals surface area contributed by atoms with E-state index in [2.05, 4.69) is 61.2 Å². The summed E-state index contributed by atoms with van der Waals surface area (Å²) in [7, 11) is 4.30. The van der Waals surface area contributed by atoms with E-state index in [4.69, 9.17) is 10.5 Å². The summed E-state index contributed by atoms with van der Waals surface area (Å²) < 4.78 is 5.45. The van der Waals surface area contributed by atoms with E-state index in [1.807, 2.05) is 18.2 Å². The van der Waals surface area contributed by atoms with E-state index in [1.54, 1.807) is 18.6 Å². The number of nitrogen functional groups attached to an aromatic ring is 1. The summed E-state index contributed by atoms with van der Waals surface area (Å²) in [5.74, 6) is -0.340. The molecule has 37 heavy (non-hydrogen) atoms. The van der Waals surface area contributed by atoms with Crippen molar-refractivity contribution in [2.45, 2.75) is 18.9 Å². The van der Waals surface area contributed by atoms with Crippen LogP contribution in [-0.2, 0) is 4.74 Å². The Bertz CT molecular complexity index is 1220. The fourth-order valence-corrected chi connectivity index (χ4v) is 4.93. The largest absolute Gasteiger partial charge is 0.382 e. The Labute approximate surface area is 217 Å². The molecule has 2 aliphatic rings. The van der Waals surface area contributed by atoms with Gasteiger partial charge in [0.25, 0.3) is 5.91 Å². The van der Waals surface area contributed by atoms with Crippen LogP contribution in [0.15, 0.2) is 48.9 Å². The van der Waals surface area contributed by atoms with Crippen molar-refractivity contribution >= 4 is 28.8 Å². The van der Waals surface area contributed by atoms with Crippen LogP contribution < -0.4 is 20.9 Å². The van der Waals surface area contributed by atoms with Gasteiger partial charge in [0.1, 0.15) is 0 Å². The third-order valence-corrected chi connectivity index (χ3v) is 7.14. The Morgan fingerprint density at radius 2 is 1.76 bits per heavy atom. The SMILES string of the molecule is CN(C)C1CCN(c2ccc(-c3cnc(N)c(C(=O)Nc4cnccc4N4CCOCC4)n3)cc2)CC1. The van der Waals surface area contributed by atoms with Crippen LogP contribution >= 0.6 is 0 Å². The molecule has 5 rings (SSSR count). The first-order chi connectivity index (χ1) is 18.0. The third kappa shape index (κ3) is 5.65. The first kappa shape index (κ1) is 24.9. The van der Waals surface area contributed by atoms with Gasteiger partial charge in [0.2, 0.25) is 0 Å². The Morgan fingerprint density at radius 1 is 1.03 bits per heavy atom. The normalized spacial score (nSPS) is 16.7. The van der Waals surface area contributed by atoms with Gasteiger partial charge in [0.05, 0.1) is 42.7 Å². The second kappa shape index (κ2) is 11.1. The molecular formula is C27H34N8O2. The maximum Gasteiger partial charge on any atom is 0.278 e. The number of nitrogens with two attached hydrogens (primary N) is 1. The van der Waals surface area contributed by atoms with Gasteiger partial charge in [-0.15, -0.1) is 0 Å². The maximum absolute atomic E-state index is 13.2. The van der Waals surface area contributed by atoms with Crippen molar-refractivity contribution in [3.05, 3.63) is 54.6 Å². The van der Waals surface area contributed by atoms with Crippen molar-refractivity contribution < 1.29 is 9.53 Å². The monoisotopic (exact) mass is 502 g/mol. The lowest BCUT2D eigenvalue weighted by atomic mass is 10.0. The first-order valence-electron chi connectivity index (χ1n) is 12.7. The average Bonchev–Trinajstić information content (AvgIpc) is 2.94. The number of hydrogen-bond donors (Lipinski definition) is 2. The van der Waals surface area contributed by atoms with Crippen LogP contribution in [0.2, 0.25) is 0 Å². The molecule has 4 heterocycles. The predicted octanol–water partition coefficient (Wildman–Crippen LogP) is 2.74. The van der Waals surface area contributed by atoms with Crippen molar-refractivity contribution in [2.24, 2.45) is 0 Å². The molecule has 1 amide bonds. The van der Waals surface area contributed by atoms with E-state index in [0.717, 1.165) is 50.3 Å². The van der Waals surface area contributed by atoms with E-state index in [-0.39, 0.29) is 11.5 Å². The van der Waals surface area contributed by atoms with Gasteiger partial charge in [-0.25, -0.2) is 9.97 Å². The van der Waals surface area contributed by atoms with Crippen LogP contribution in [-0.4, -0.2) is 85.3 Å². The number of ether oxygens (including phenoxy) is 1. The molecule has 3 aromatic rings. The summed E-state index contributed by atoms with van der Waals surface area (Å²) >= 11 is 0. The molecule has 0 radical (unpaired) electrons. The number of carbonyl (C=O) groups is 1. The molecule has 194 valence electrons.